The minimum atomic E-state index is -0.997. The molecule has 3 N–H and O–H groups in total. The quantitative estimate of drug-likeness (QED) is 0.877. The first-order chi connectivity index (χ1) is 12.0. The first kappa shape index (κ1) is 19.4. The zero-order chi connectivity index (χ0) is 18.1. The molecular weight excluding hydrogens is 340 g/mol. The van der Waals surface area contributed by atoms with E-state index in [0.29, 0.717) is 23.0 Å². The molecule has 140 valence electrons. The first-order valence-corrected chi connectivity index (χ1v) is 7.84. The zero-order valence-corrected chi connectivity index (χ0v) is 15.0. The second-order valence-corrected chi connectivity index (χ2v) is 5.84. The molecule has 0 bridgehead atoms. The van der Waals surface area contributed by atoms with E-state index in [-0.39, 0.29) is 23.1 Å². The number of benzene rings is 2. The maximum absolute atomic E-state index is 11.4. The van der Waals surface area contributed by atoms with Gasteiger partial charge in [-0.2, -0.15) is 0 Å². The third-order valence-electron chi connectivity index (χ3n) is 4.48. The first-order valence-electron chi connectivity index (χ1n) is 7.84. The highest BCUT2D eigenvalue weighted by Gasteiger charge is 2.36. The zero-order valence-electron chi connectivity index (χ0n) is 15.0. The van der Waals surface area contributed by atoms with Gasteiger partial charge in [-0.3, -0.25) is 0 Å². The molecule has 0 unspecified atom stereocenters. The molecule has 0 fully saturated rings. The Morgan fingerprint density at radius 2 is 1.65 bits per heavy atom. The molecule has 0 radical (unpaired) electrons. The van der Waals surface area contributed by atoms with Crippen molar-refractivity contribution in [1.29, 1.82) is 0 Å². The second kappa shape index (κ2) is 7.53. The molecule has 0 aromatic heterocycles. The van der Waals surface area contributed by atoms with Gasteiger partial charge in [0, 0.05) is 11.5 Å². The topological polar surface area (TPSA) is 106 Å². The van der Waals surface area contributed by atoms with Gasteiger partial charge >= 0.3 is 5.97 Å². The van der Waals surface area contributed by atoms with Gasteiger partial charge in [0.05, 0.1) is 26.9 Å². The summed E-state index contributed by atoms with van der Waals surface area (Å²) in [6.45, 7) is 2.00. The van der Waals surface area contributed by atoms with Crippen molar-refractivity contribution in [2.24, 2.45) is 0 Å². The molecule has 26 heavy (non-hydrogen) atoms. The average Bonchev–Trinajstić information content (AvgIpc) is 2.97. The highest BCUT2D eigenvalue weighted by atomic mass is 16.5. The van der Waals surface area contributed by atoms with Crippen molar-refractivity contribution in [2.45, 2.75) is 18.9 Å². The van der Waals surface area contributed by atoms with E-state index in [4.69, 9.17) is 18.9 Å². The summed E-state index contributed by atoms with van der Waals surface area (Å²) in [5, 5.41) is 9.30. The molecule has 1 aliphatic heterocycles. The SMILES string of the molecule is COc1ccc([C@H]2Oc3c(OC)cc(C(=O)O)cc3[C@@H]2C)cc1OC.O. The maximum atomic E-state index is 11.4. The Labute approximate surface area is 151 Å². The van der Waals surface area contributed by atoms with Crippen LogP contribution in [0.25, 0.3) is 0 Å². The Balaban J connectivity index is 0.00000243. The lowest BCUT2D eigenvalue weighted by Crippen LogP contribution is -2.08. The monoisotopic (exact) mass is 362 g/mol. The van der Waals surface area contributed by atoms with Crippen LogP contribution in [0.4, 0.5) is 0 Å². The van der Waals surface area contributed by atoms with Crippen LogP contribution in [0.3, 0.4) is 0 Å². The maximum Gasteiger partial charge on any atom is 0.335 e. The molecule has 0 saturated heterocycles. The summed E-state index contributed by atoms with van der Waals surface area (Å²) in [5.41, 5.74) is 1.91. The van der Waals surface area contributed by atoms with Crippen LogP contribution >= 0.6 is 0 Å². The van der Waals surface area contributed by atoms with Crippen molar-refractivity contribution < 1.29 is 34.3 Å². The third kappa shape index (κ3) is 3.13. The molecule has 2 aromatic carbocycles. The Hall–Kier alpha value is -2.93. The number of ether oxygens (including phenoxy) is 4. The molecule has 0 spiro atoms. The number of carbonyl (C=O) groups is 1. The van der Waals surface area contributed by atoms with Gasteiger partial charge in [-0.15, -0.1) is 0 Å². The standard InChI is InChI=1S/C19H20O6.H2O/c1-10-13-7-12(19(20)21)9-16(24-4)18(13)25-17(10)11-5-6-14(22-2)15(8-11)23-3;/h5-10,17H,1-4H3,(H,20,21);1H2/t10-,17-;/m0./s1. The molecule has 0 amide bonds. The van der Waals surface area contributed by atoms with Crippen molar-refractivity contribution in [2.75, 3.05) is 21.3 Å². The fourth-order valence-corrected chi connectivity index (χ4v) is 3.14. The largest absolute Gasteiger partial charge is 0.493 e. The number of methoxy groups -OCH3 is 3. The van der Waals surface area contributed by atoms with Crippen LogP contribution < -0.4 is 18.9 Å². The van der Waals surface area contributed by atoms with E-state index in [1.54, 1.807) is 20.3 Å². The molecule has 7 nitrogen and oxygen atoms in total. The summed E-state index contributed by atoms with van der Waals surface area (Å²) in [6, 6.07) is 8.74. The van der Waals surface area contributed by atoms with E-state index in [0.717, 1.165) is 11.1 Å². The minimum Gasteiger partial charge on any atom is -0.493 e. The van der Waals surface area contributed by atoms with E-state index in [1.165, 1.54) is 13.2 Å². The number of rotatable bonds is 5. The lowest BCUT2D eigenvalue weighted by Gasteiger charge is -2.18. The van der Waals surface area contributed by atoms with Crippen molar-refractivity contribution in [1.82, 2.24) is 0 Å². The number of fused-ring (bicyclic) bond motifs is 1. The fraction of sp³-hybridized carbons (Fsp3) is 0.316. The van der Waals surface area contributed by atoms with Crippen molar-refractivity contribution >= 4 is 5.97 Å². The highest BCUT2D eigenvalue weighted by molar-refractivity contribution is 5.89. The molecular formula is C19H22O7. The summed E-state index contributed by atoms with van der Waals surface area (Å²) >= 11 is 0. The molecule has 7 heteroatoms. The van der Waals surface area contributed by atoms with Crippen LogP contribution in [0.2, 0.25) is 0 Å². The van der Waals surface area contributed by atoms with Gasteiger partial charge in [-0.25, -0.2) is 4.79 Å². The molecule has 0 aliphatic carbocycles. The molecule has 3 rings (SSSR count). The van der Waals surface area contributed by atoms with Gasteiger partial charge in [0.25, 0.3) is 0 Å². The molecule has 1 aliphatic rings. The molecule has 0 saturated carbocycles. The predicted molar refractivity (Wildman–Crippen MR) is 94.9 cm³/mol. The Morgan fingerprint density at radius 1 is 1.00 bits per heavy atom. The lowest BCUT2D eigenvalue weighted by molar-refractivity contribution is 0.0696. The predicted octanol–water partition coefficient (Wildman–Crippen LogP) is 2.82. The number of aromatic carboxylic acids is 1. The third-order valence-corrected chi connectivity index (χ3v) is 4.48. The van der Waals surface area contributed by atoms with Crippen molar-refractivity contribution in [3.05, 3.63) is 47.0 Å². The smallest absolute Gasteiger partial charge is 0.335 e. The number of hydrogen-bond donors (Lipinski definition) is 1. The normalized spacial score (nSPS) is 17.5. The van der Waals surface area contributed by atoms with Crippen LogP contribution in [-0.4, -0.2) is 37.9 Å². The van der Waals surface area contributed by atoms with Crippen LogP contribution in [-0.2, 0) is 0 Å². The number of carboxylic acids is 1. The van der Waals surface area contributed by atoms with Gasteiger partial charge in [0.1, 0.15) is 6.10 Å². The minimum absolute atomic E-state index is 0. The van der Waals surface area contributed by atoms with Gasteiger partial charge in [-0.1, -0.05) is 13.0 Å². The molecule has 1 heterocycles. The van der Waals surface area contributed by atoms with Gasteiger partial charge in [0.2, 0.25) is 0 Å². The van der Waals surface area contributed by atoms with E-state index in [2.05, 4.69) is 0 Å². The van der Waals surface area contributed by atoms with Gasteiger partial charge in [0.15, 0.2) is 23.0 Å². The Morgan fingerprint density at radius 3 is 2.23 bits per heavy atom. The number of carboxylic acid groups (broad SMARTS) is 1. The average molecular weight is 362 g/mol. The van der Waals surface area contributed by atoms with Gasteiger partial charge in [-0.05, 0) is 29.8 Å². The van der Waals surface area contributed by atoms with Crippen LogP contribution in [0, 0.1) is 0 Å². The van der Waals surface area contributed by atoms with Gasteiger partial charge < -0.3 is 29.5 Å². The second-order valence-electron chi connectivity index (χ2n) is 5.84. The summed E-state index contributed by atoms with van der Waals surface area (Å²) in [4.78, 5) is 11.4. The Bertz CT molecular complexity index is 816. The van der Waals surface area contributed by atoms with E-state index in [9.17, 15) is 9.90 Å². The summed E-state index contributed by atoms with van der Waals surface area (Å²) < 4.78 is 22.1. The number of hydrogen-bond acceptors (Lipinski definition) is 5. The van der Waals surface area contributed by atoms with Crippen LogP contribution in [0.15, 0.2) is 30.3 Å². The molecule has 2 atom stereocenters. The summed E-state index contributed by atoms with van der Waals surface area (Å²) in [7, 11) is 4.66. The Kier molecular flexibility index (Phi) is 5.62. The lowest BCUT2D eigenvalue weighted by atomic mass is 9.91. The van der Waals surface area contributed by atoms with E-state index < -0.39 is 5.97 Å². The highest BCUT2D eigenvalue weighted by Crippen LogP contribution is 2.51. The van der Waals surface area contributed by atoms with Crippen LogP contribution in [0.5, 0.6) is 23.0 Å². The van der Waals surface area contributed by atoms with E-state index >= 15 is 0 Å². The summed E-state index contributed by atoms with van der Waals surface area (Å²) in [6.07, 6.45) is -0.271. The summed E-state index contributed by atoms with van der Waals surface area (Å²) in [5.74, 6) is 1.22. The van der Waals surface area contributed by atoms with Crippen LogP contribution in [0.1, 0.15) is 40.4 Å². The van der Waals surface area contributed by atoms with E-state index in [1.807, 2.05) is 25.1 Å². The fourth-order valence-electron chi connectivity index (χ4n) is 3.14. The van der Waals surface area contributed by atoms with Crippen molar-refractivity contribution in [3.8, 4) is 23.0 Å². The van der Waals surface area contributed by atoms with Crippen molar-refractivity contribution in [3.63, 3.8) is 0 Å². The molecule has 2 aromatic rings.